The molecule has 1 saturated heterocycles. The fourth-order valence-corrected chi connectivity index (χ4v) is 7.16. The van der Waals surface area contributed by atoms with Crippen LogP contribution in [0.25, 0.3) is 0 Å². The molecule has 4 heterocycles. The maximum absolute atomic E-state index is 13.2. The highest BCUT2D eigenvalue weighted by molar-refractivity contribution is 8.14. The summed E-state index contributed by atoms with van der Waals surface area (Å²) in [5.41, 5.74) is 15.8. The Morgan fingerprint density at radius 2 is 2.02 bits per heavy atom. The van der Waals surface area contributed by atoms with Gasteiger partial charge in [-0.1, -0.05) is 30.3 Å². The first-order valence-corrected chi connectivity index (χ1v) is 16.1. The molecule has 9 N–H and O–H groups in total. The van der Waals surface area contributed by atoms with Gasteiger partial charge in [-0.3, -0.25) is 14.5 Å². The lowest BCUT2D eigenvalue weighted by atomic mass is 10.0. The number of carbonyl (C=O) groups excluding carboxylic acids is 2. The predicted octanol–water partition coefficient (Wildman–Crippen LogP) is -0.267. The summed E-state index contributed by atoms with van der Waals surface area (Å²) < 4.78 is 3.94. The molecule has 20 heteroatoms. The molecule has 0 bridgehead atoms. The summed E-state index contributed by atoms with van der Waals surface area (Å²) in [6.07, 6.45) is 2.99. The second-order valence-electron chi connectivity index (χ2n) is 10.2. The summed E-state index contributed by atoms with van der Waals surface area (Å²) in [5, 5.41) is 25.5. The number of carbonyl (C=O) groups is 4. The Morgan fingerprint density at radius 3 is 2.64 bits per heavy atom. The van der Waals surface area contributed by atoms with Gasteiger partial charge >= 0.3 is 11.9 Å². The molecule has 0 aromatic carbocycles. The van der Waals surface area contributed by atoms with E-state index in [0.717, 1.165) is 29.3 Å². The number of amidine groups is 1. The van der Waals surface area contributed by atoms with Gasteiger partial charge in [-0.25, -0.2) is 14.6 Å². The monoisotopic (exact) mass is 668 g/mol. The number of nitrogens with two attached hydrogens (primary N) is 3. The van der Waals surface area contributed by atoms with Crippen LogP contribution in [-0.2, 0) is 24.0 Å². The molecule has 3 aliphatic heterocycles. The van der Waals surface area contributed by atoms with E-state index in [1.165, 1.54) is 37.4 Å². The minimum Gasteiger partial charge on any atom is -0.478 e. The fourth-order valence-electron chi connectivity index (χ4n) is 4.16. The van der Waals surface area contributed by atoms with E-state index in [2.05, 4.69) is 31.7 Å². The smallest absolute Gasteiger partial charge is 0.352 e. The summed E-state index contributed by atoms with van der Waals surface area (Å²) in [6, 6.07) is -1.11. The molecule has 0 saturated carbocycles. The third kappa shape index (κ3) is 6.92. The predicted molar refractivity (Wildman–Crippen MR) is 165 cm³/mol. The Balaban J connectivity index is 1.51. The fraction of sp³-hybridized carbons (Fsp3) is 0.500. The third-order valence-corrected chi connectivity index (χ3v) is 9.54. The maximum atomic E-state index is 13.2. The first-order chi connectivity index (χ1) is 20.7. The lowest BCUT2D eigenvalue weighted by molar-refractivity contribution is -0.161. The van der Waals surface area contributed by atoms with E-state index in [1.54, 1.807) is 6.08 Å². The Kier molecular flexibility index (Phi) is 10.1. The van der Waals surface area contributed by atoms with Gasteiger partial charge in [0.05, 0.1) is 0 Å². The molecular weight excluding hydrogens is 637 g/mol. The number of aliphatic imine (C=N–C) groups is 1. The molecule has 4 rings (SSSR count). The lowest BCUT2D eigenvalue weighted by Crippen LogP contribution is -2.71. The van der Waals surface area contributed by atoms with Crippen LogP contribution in [0.4, 0.5) is 5.13 Å². The van der Waals surface area contributed by atoms with Crippen LogP contribution < -0.4 is 22.5 Å². The van der Waals surface area contributed by atoms with Crippen molar-refractivity contribution in [3.05, 3.63) is 29.0 Å². The Labute approximate surface area is 264 Å². The largest absolute Gasteiger partial charge is 0.478 e. The van der Waals surface area contributed by atoms with Crippen molar-refractivity contribution in [2.24, 2.45) is 21.6 Å². The molecule has 0 spiro atoms. The highest BCUT2D eigenvalue weighted by atomic mass is 32.2. The Hall–Kier alpha value is -3.88. The molecule has 1 aromatic rings. The van der Waals surface area contributed by atoms with Crippen molar-refractivity contribution in [1.29, 1.82) is 0 Å². The van der Waals surface area contributed by atoms with Crippen molar-refractivity contribution >= 4 is 74.8 Å². The standard InChI is InChI=1S/C24H32N10O7S3/c1-4-5-6-33-12(26)7-11(25)28-23(33)43-9-10-8-42-19-14(18(36)34(19)15(10)20(37)38)29-17(35)13(16-30-22(27)44-32-16)31-41-24(2,3)21(39)40/h7,12,14,19H,4-6,8-9,25-26H2,1-3H3,(H,29,35)(H,37,38)(H,39,40)(H2,27,30,32)/b31-13-/t12?,14?,19-/m0/s1. The number of thioether (sulfide) groups is 2. The second kappa shape index (κ2) is 13.4. The molecule has 2 unspecified atom stereocenters. The molecule has 3 aliphatic rings. The zero-order chi connectivity index (χ0) is 32.3. The number of anilines is 1. The van der Waals surface area contributed by atoms with Gasteiger partial charge in [0.1, 0.15) is 29.1 Å². The summed E-state index contributed by atoms with van der Waals surface area (Å²) >= 11 is 3.33. The van der Waals surface area contributed by atoms with E-state index in [-0.39, 0.29) is 34.0 Å². The molecule has 0 aliphatic carbocycles. The summed E-state index contributed by atoms with van der Waals surface area (Å²) in [5.74, 6) is -3.71. The Morgan fingerprint density at radius 1 is 1.30 bits per heavy atom. The van der Waals surface area contributed by atoms with Gasteiger partial charge in [0.25, 0.3) is 11.8 Å². The van der Waals surface area contributed by atoms with Crippen molar-refractivity contribution in [2.45, 2.75) is 56.8 Å². The number of nitrogens with one attached hydrogen (secondary N) is 1. The number of rotatable bonds is 12. The first kappa shape index (κ1) is 33.0. The molecule has 2 amide bonds. The van der Waals surface area contributed by atoms with Crippen molar-refractivity contribution in [2.75, 3.05) is 23.8 Å². The van der Waals surface area contributed by atoms with Crippen LogP contribution in [0.3, 0.4) is 0 Å². The quantitative estimate of drug-likeness (QED) is 0.0951. The number of hydrogen-bond acceptors (Lipinski definition) is 16. The SMILES string of the molecule is CCCCN1C(SCC2=C(C(=O)O)N3C(=O)C(NC(=O)/C(=N\OC(C)(C)C(=O)O)c4nsc(N)n4)[C@@H]3SC2)=NC(N)=CC1N. The number of hydrogen-bond donors (Lipinski definition) is 6. The topological polar surface area (TPSA) is 265 Å². The molecule has 1 aromatic heterocycles. The minimum absolute atomic E-state index is 0.0155. The Bertz CT molecular complexity index is 1470. The maximum Gasteiger partial charge on any atom is 0.352 e. The first-order valence-electron chi connectivity index (χ1n) is 13.3. The van der Waals surface area contributed by atoms with E-state index in [1.807, 2.05) is 4.90 Å². The zero-order valence-corrected chi connectivity index (χ0v) is 26.4. The van der Waals surface area contributed by atoms with Crippen LogP contribution in [0.2, 0.25) is 0 Å². The van der Waals surface area contributed by atoms with Gasteiger partial charge in [0, 0.05) is 29.6 Å². The van der Waals surface area contributed by atoms with Gasteiger partial charge in [-0.05, 0) is 31.9 Å². The summed E-state index contributed by atoms with van der Waals surface area (Å²) in [4.78, 5) is 66.7. The normalized spacial score (nSPS) is 22.1. The van der Waals surface area contributed by atoms with Crippen molar-refractivity contribution in [3.63, 3.8) is 0 Å². The minimum atomic E-state index is -1.80. The van der Waals surface area contributed by atoms with Crippen molar-refractivity contribution in [1.82, 2.24) is 24.5 Å². The van der Waals surface area contributed by atoms with Crippen LogP contribution in [0, 0.1) is 0 Å². The number of unbranched alkanes of at least 4 members (excludes halogenated alkanes) is 1. The number of aromatic nitrogens is 2. The van der Waals surface area contributed by atoms with Crippen LogP contribution in [0.15, 0.2) is 33.3 Å². The van der Waals surface area contributed by atoms with E-state index in [0.29, 0.717) is 17.3 Å². The van der Waals surface area contributed by atoms with Crippen molar-refractivity contribution in [3.8, 4) is 0 Å². The molecular formula is C24H32N10O7S3. The van der Waals surface area contributed by atoms with Crippen LogP contribution in [-0.4, -0.2) is 105 Å². The highest BCUT2D eigenvalue weighted by Gasteiger charge is 2.54. The molecule has 44 heavy (non-hydrogen) atoms. The molecule has 17 nitrogen and oxygen atoms in total. The number of carboxylic acids is 2. The molecule has 3 atom stereocenters. The number of fused-ring (bicyclic) bond motifs is 1. The second-order valence-corrected chi connectivity index (χ2v) is 13.1. The summed E-state index contributed by atoms with van der Waals surface area (Å²) in [6.45, 7) is 5.15. The van der Waals surface area contributed by atoms with Crippen LogP contribution >= 0.6 is 35.1 Å². The van der Waals surface area contributed by atoms with Crippen LogP contribution in [0.1, 0.15) is 39.4 Å². The number of carboxylic acid groups (broad SMARTS) is 2. The van der Waals surface area contributed by atoms with Crippen molar-refractivity contribution < 1.29 is 34.2 Å². The van der Waals surface area contributed by atoms with Gasteiger partial charge in [-0.15, -0.1) is 11.8 Å². The number of amides is 2. The zero-order valence-electron chi connectivity index (χ0n) is 23.9. The van der Waals surface area contributed by atoms with Gasteiger partial charge in [0.2, 0.25) is 17.1 Å². The van der Waals surface area contributed by atoms with Gasteiger partial charge in [-0.2, -0.15) is 9.36 Å². The van der Waals surface area contributed by atoms with Gasteiger partial charge in [0.15, 0.2) is 10.3 Å². The number of oxime groups is 1. The lowest BCUT2D eigenvalue weighted by Gasteiger charge is -2.49. The van der Waals surface area contributed by atoms with Crippen LogP contribution in [0.5, 0.6) is 0 Å². The molecule has 238 valence electrons. The number of aliphatic carboxylic acids is 2. The number of nitrogens with zero attached hydrogens (tertiary/aromatic N) is 6. The van der Waals surface area contributed by atoms with E-state index < -0.39 is 52.6 Å². The summed E-state index contributed by atoms with van der Waals surface area (Å²) in [7, 11) is 0. The molecule has 1 fully saturated rings. The number of nitrogen functional groups attached to an aromatic ring is 1. The molecule has 0 radical (unpaired) electrons. The van der Waals surface area contributed by atoms with E-state index in [4.69, 9.17) is 22.0 Å². The average molecular weight is 669 g/mol. The van der Waals surface area contributed by atoms with E-state index in [9.17, 15) is 29.4 Å². The third-order valence-electron chi connectivity index (χ3n) is 6.59. The average Bonchev–Trinajstić information content (AvgIpc) is 3.38. The van der Waals surface area contributed by atoms with E-state index >= 15 is 0 Å². The van der Waals surface area contributed by atoms with Gasteiger partial charge < -0.3 is 42.5 Å². The highest BCUT2D eigenvalue weighted by Crippen LogP contribution is 2.41. The number of β-lactam (4-membered cyclic amide) rings is 1.